The fourth-order valence-electron chi connectivity index (χ4n) is 1.54. The molecular formula is C9H14N4OS. The lowest BCUT2D eigenvalue weighted by Crippen LogP contribution is -2.32. The van der Waals surface area contributed by atoms with Gasteiger partial charge in [-0.3, -0.25) is 9.89 Å². The molecular weight excluding hydrogens is 212 g/mol. The molecule has 1 aliphatic rings. The molecule has 2 heterocycles. The minimum Gasteiger partial charge on any atom is -0.355 e. The number of carbonyl (C=O) groups excluding carboxylic acids is 1. The number of nitrogens with zero attached hydrogens (tertiary/aromatic N) is 2. The molecule has 1 aromatic rings. The van der Waals surface area contributed by atoms with E-state index in [1.807, 2.05) is 11.8 Å². The predicted molar refractivity (Wildman–Crippen MR) is 58.5 cm³/mol. The van der Waals surface area contributed by atoms with Crippen LogP contribution in [0, 0.1) is 5.92 Å². The molecule has 1 unspecified atom stereocenters. The van der Waals surface area contributed by atoms with Gasteiger partial charge in [0.1, 0.15) is 12.2 Å². The number of aromatic nitrogens is 3. The molecule has 0 saturated carbocycles. The minimum absolute atomic E-state index is 0.180. The van der Waals surface area contributed by atoms with E-state index in [-0.39, 0.29) is 11.8 Å². The smallest absolute Gasteiger partial charge is 0.223 e. The maximum absolute atomic E-state index is 11.6. The lowest BCUT2D eigenvalue weighted by atomic mass is 10.1. The van der Waals surface area contributed by atoms with Crippen molar-refractivity contribution in [2.45, 2.75) is 12.8 Å². The molecule has 82 valence electrons. The number of amides is 1. The van der Waals surface area contributed by atoms with Crippen LogP contribution in [-0.4, -0.2) is 39.1 Å². The molecule has 0 aromatic carbocycles. The lowest BCUT2D eigenvalue weighted by Gasteiger charge is -2.08. The van der Waals surface area contributed by atoms with Crippen LogP contribution in [0.4, 0.5) is 0 Å². The van der Waals surface area contributed by atoms with Crippen molar-refractivity contribution in [3.63, 3.8) is 0 Å². The molecule has 2 N–H and O–H groups in total. The highest BCUT2D eigenvalue weighted by Gasteiger charge is 2.22. The Kier molecular flexibility index (Phi) is 3.60. The fraction of sp³-hybridized carbons (Fsp3) is 0.667. The number of rotatable bonds is 4. The van der Waals surface area contributed by atoms with Gasteiger partial charge in [-0.05, 0) is 12.2 Å². The van der Waals surface area contributed by atoms with E-state index in [1.165, 1.54) is 6.33 Å². The number of aromatic amines is 1. The van der Waals surface area contributed by atoms with Crippen LogP contribution >= 0.6 is 11.8 Å². The predicted octanol–water partition coefficient (Wildman–Crippen LogP) is 0.216. The zero-order valence-electron chi connectivity index (χ0n) is 8.40. The summed E-state index contributed by atoms with van der Waals surface area (Å²) in [4.78, 5) is 15.6. The summed E-state index contributed by atoms with van der Waals surface area (Å²) in [7, 11) is 0. The monoisotopic (exact) mass is 226 g/mol. The molecule has 0 bridgehead atoms. The molecule has 1 aliphatic heterocycles. The summed E-state index contributed by atoms with van der Waals surface area (Å²) < 4.78 is 0. The van der Waals surface area contributed by atoms with Gasteiger partial charge in [0.25, 0.3) is 0 Å². The van der Waals surface area contributed by atoms with Crippen LogP contribution in [0.25, 0.3) is 0 Å². The second-order valence-electron chi connectivity index (χ2n) is 3.53. The Labute approximate surface area is 92.4 Å². The minimum atomic E-state index is 0.180. The van der Waals surface area contributed by atoms with Crippen LogP contribution in [0.15, 0.2) is 6.33 Å². The van der Waals surface area contributed by atoms with Crippen LogP contribution in [0.1, 0.15) is 12.2 Å². The number of nitrogens with one attached hydrogen (secondary N) is 2. The van der Waals surface area contributed by atoms with Gasteiger partial charge in [-0.15, -0.1) is 0 Å². The molecule has 6 heteroatoms. The van der Waals surface area contributed by atoms with Gasteiger partial charge in [0.2, 0.25) is 5.91 Å². The van der Waals surface area contributed by atoms with Gasteiger partial charge < -0.3 is 5.32 Å². The quantitative estimate of drug-likeness (QED) is 0.770. The van der Waals surface area contributed by atoms with Crippen LogP contribution in [-0.2, 0) is 11.2 Å². The van der Waals surface area contributed by atoms with E-state index in [9.17, 15) is 4.79 Å². The van der Waals surface area contributed by atoms with E-state index in [4.69, 9.17) is 0 Å². The maximum atomic E-state index is 11.6. The van der Waals surface area contributed by atoms with Gasteiger partial charge in [-0.25, -0.2) is 4.98 Å². The van der Waals surface area contributed by atoms with Crippen molar-refractivity contribution in [2.24, 2.45) is 5.92 Å². The number of H-pyrrole nitrogens is 1. The largest absolute Gasteiger partial charge is 0.355 e. The molecule has 0 aliphatic carbocycles. The third kappa shape index (κ3) is 2.95. The second kappa shape index (κ2) is 5.16. The first-order valence-corrected chi connectivity index (χ1v) is 6.21. The van der Waals surface area contributed by atoms with Gasteiger partial charge in [0, 0.05) is 24.6 Å². The number of hydrogen-bond acceptors (Lipinski definition) is 4. The molecule has 2 rings (SSSR count). The Bertz CT molecular complexity index is 308. The van der Waals surface area contributed by atoms with Crippen LogP contribution in [0.3, 0.4) is 0 Å². The first-order valence-electron chi connectivity index (χ1n) is 5.06. The summed E-state index contributed by atoms with van der Waals surface area (Å²) in [5.74, 6) is 3.29. The van der Waals surface area contributed by atoms with E-state index >= 15 is 0 Å². The SMILES string of the molecule is O=C(NCCc1ncn[nH]1)C1CCSC1. The average molecular weight is 226 g/mol. The van der Waals surface area contributed by atoms with Crippen LogP contribution in [0.2, 0.25) is 0 Å². The van der Waals surface area contributed by atoms with Crippen molar-refractivity contribution < 1.29 is 4.79 Å². The van der Waals surface area contributed by atoms with Crippen molar-refractivity contribution in [1.82, 2.24) is 20.5 Å². The topological polar surface area (TPSA) is 70.7 Å². The highest BCUT2D eigenvalue weighted by atomic mass is 32.2. The highest BCUT2D eigenvalue weighted by Crippen LogP contribution is 2.23. The summed E-state index contributed by atoms with van der Waals surface area (Å²) in [6.45, 7) is 0.634. The van der Waals surface area contributed by atoms with Crippen molar-refractivity contribution in [3.8, 4) is 0 Å². The molecule has 0 radical (unpaired) electrons. The van der Waals surface area contributed by atoms with Crippen molar-refractivity contribution in [1.29, 1.82) is 0 Å². The summed E-state index contributed by atoms with van der Waals surface area (Å²) in [5, 5.41) is 9.43. The summed E-state index contributed by atoms with van der Waals surface area (Å²) in [5.41, 5.74) is 0. The van der Waals surface area contributed by atoms with E-state index in [0.29, 0.717) is 13.0 Å². The molecule has 1 saturated heterocycles. The normalized spacial score (nSPS) is 20.4. The second-order valence-corrected chi connectivity index (χ2v) is 4.68. The standard InChI is InChI=1S/C9H14N4OS/c14-9(7-2-4-15-5-7)10-3-1-8-11-6-12-13-8/h6-7H,1-5H2,(H,10,14)(H,11,12,13). The lowest BCUT2D eigenvalue weighted by molar-refractivity contribution is -0.124. The molecule has 5 nitrogen and oxygen atoms in total. The first kappa shape index (κ1) is 10.5. The Hall–Kier alpha value is -1.04. The molecule has 0 spiro atoms. The zero-order chi connectivity index (χ0) is 10.5. The summed E-state index contributed by atoms with van der Waals surface area (Å²) in [6.07, 6.45) is 3.20. The van der Waals surface area contributed by atoms with Crippen molar-refractivity contribution in [3.05, 3.63) is 12.2 Å². The zero-order valence-corrected chi connectivity index (χ0v) is 9.22. The van der Waals surface area contributed by atoms with Gasteiger partial charge in [0.05, 0.1) is 0 Å². The number of carbonyl (C=O) groups is 1. The molecule has 1 aromatic heterocycles. The number of thioether (sulfide) groups is 1. The van der Waals surface area contributed by atoms with Crippen molar-refractivity contribution >= 4 is 17.7 Å². The third-order valence-electron chi connectivity index (χ3n) is 2.43. The van der Waals surface area contributed by atoms with Gasteiger partial charge in [0.15, 0.2) is 0 Å². The van der Waals surface area contributed by atoms with Crippen LogP contribution in [0.5, 0.6) is 0 Å². The van der Waals surface area contributed by atoms with E-state index in [2.05, 4.69) is 20.5 Å². The van der Waals surface area contributed by atoms with Gasteiger partial charge in [-0.1, -0.05) is 0 Å². The Balaban J connectivity index is 1.67. The highest BCUT2D eigenvalue weighted by molar-refractivity contribution is 7.99. The molecule has 1 atom stereocenters. The summed E-state index contributed by atoms with van der Waals surface area (Å²) in [6, 6.07) is 0. The average Bonchev–Trinajstić information content (AvgIpc) is 2.90. The fourth-order valence-corrected chi connectivity index (χ4v) is 2.76. The van der Waals surface area contributed by atoms with Crippen LogP contribution < -0.4 is 5.32 Å². The number of hydrogen-bond donors (Lipinski definition) is 2. The van der Waals surface area contributed by atoms with E-state index < -0.39 is 0 Å². The van der Waals surface area contributed by atoms with Crippen molar-refractivity contribution in [2.75, 3.05) is 18.1 Å². The Morgan fingerprint density at radius 3 is 3.33 bits per heavy atom. The molecule has 1 amide bonds. The molecule has 15 heavy (non-hydrogen) atoms. The first-order chi connectivity index (χ1) is 7.36. The van der Waals surface area contributed by atoms with Gasteiger partial charge in [-0.2, -0.15) is 16.9 Å². The summed E-state index contributed by atoms with van der Waals surface area (Å²) >= 11 is 1.85. The Morgan fingerprint density at radius 2 is 2.67 bits per heavy atom. The third-order valence-corrected chi connectivity index (χ3v) is 3.59. The van der Waals surface area contributed by atoms with E-state index in [1.54, 1.807) is 0 Å². The molecule has 1 fully saturated rings. The van der Waals surface area contributed by atoms with E-state index in [0.717, 1.165) is 23.8 Å². The Morgan fingerprint density at radius 1 is 1.73 bits per heavy atom. The van der Waals surface area contributed by atoms with Gasteiger partial charge >= 0.3 is 0 Å². The maximum Gasteiger partial charge on any atom is 0.223 e.